The van der Waals surface area contributed by atoms with Crippen molar-refractivity contribution in [3.05, 3.63) is 29.8 Å². The Morgan fingerprint density at radius 3 is 2.38 bits per heavy atom. The summed E-state index contributed by atoms with van der Waals surface area (Å²) in [5.74, 6) is -0.00864. The first-order valence-corrected chi connectivity index (χ1v) is 10.4. The Bertz CT molecular complexity index is 657. The fourth-order valence-electron chi connectivity index (χ4n) is 2.87. The Morgan fingerprint density at radius 2 is 1.81 bits per heavy atom. The number of sulfonamides is 1. The molecule has 2 rings (SSSR count). The zero-order chi connectivity index (χ0) is 18.3. The van der Waals surface area contributed by atoms with Crippen LogP contribution in [0.15, 0.2) is 29.2 Å². The maximum absolute atomic E-state index is 12.6. The first-order chi connectivity index (χ1) is 11.9. The van der Waals surface area contributed by atoms with E-state index in [9.17, 15) is 13.2 Å². The lowest BCUT2D eigenvalue weighted by molar-refractivity contribution is -0.121. The van der Waals surface area contributed by atoms with Crippen LogP contribution >= 0.6 is 12.4 Å². The lowest BCUT2D eigenvalue weighted by Crippen LogP contribution is -2.35. The monoisotopic (exact) mass is 403 g/mol. The molecular formula is C18H30ClN3O3S. The maximum atomic E-state index is 12.6. The van der Waals surface area contributed by atoms with Crippen LogP contribution in [0.2, 0.25) is 0 Å². The van der Waals surface area contributed by atoms with Gasteiger partial charge >= 0.3 is 0 Å². The zero-order valence-corrected chi connectivity index (χ0v) is 16.9. The van der Waals surface area contributed by atoms with Gasteiger partial charge in [-0.15, -0.1) is 12.4 Å². The second-order valence-electron chi connectivity index (χ2n) is 6.72. The van der Waals surface area contributed by atoms with Crippen LogP contribution in [-0.4, -0.2) is 44.3 Å². The summed E-state index contributed by atoms with van der Waals surface area (Å²) in [6, 6.07) is 6.97. The van der Waals surface area contributed by atoms with Gasteiger partial charge in [-0.05, 0) is 50.3 Å². The highest BCUT2D eigenvalue weighted by atomic mass is 35.5. The molecule has 1 saturated heterocycles. The molecule has 1 aliphatic rings. The Balaban J connectivity index is 0.00000338. The first-order valence-electron chi connectivity index (χ1n) is 9.01. The Hall–Kier alpha value is -1.15. The van der Waals surface area contributed by atoms with Crippen LogP contribution in [0.1, 0.15) is 44.6 Å². The van der Waals surface area contributed by atoms with Crippen LogP contribution in [0.5, 0.6) is 0 Å². The number of aryl methyl sites for hydroxylation is 1. The van der Waals surface area contributed by atoms with E-state index in [0.717, 1.165) is 31.2 Å². The zero-order valence-electron chi connectivity index (χ0n) is 15.3. The third-order valence-electron chi connectivity index (χ3n) is 4.44. The Morgan fingerprint density at radius 1 is 1.19 bits per heavy atom. The summed E-state index contributed by atoms with van der Waals surface area (Å²) in [6.45, 7) is 3.70. The first kappa shape index (κ1) is 22.9. The largest absolute Gasteiger partial charge is 0.356 e. The van der Waals surface area contributed by atoms with Crippen molar-refractivity contribution in [3.8, 4) is 0 Å². The molecule has 0 bridgehead atoms. The Kier molecular flexibility index (Phi) is 9.57. The van der Waals surface area contributed by atoms with E-state index < -0.39 is 10.0 Å². The summed E-state index contributed by atoms with van der Waals surface area (Å²) in [5, 5.41) is 2.84. The average Bonchev–Trinajstić information content (AvgIpc) is 2.61. The van der Waals surface area contributed by atoms with Crippen molar-refractivity contribution < 1.29 is 13.2 Å². The molecule has 148 valence electrons. The standard InChI is InChI=1S/C18H29N3O3S.ClH/c1-15(19)11-12-20-18(22)10-7-16-5-8-17(9-6-16)25(23,24)21-13-3-2-4-14-21;/h5-6,8-9,15H,2-4,7,10-14,19H2,1H3,(H,20,22);1H. The number of benzene rings is 1. The summed E-state index contributed by atoms with van der Waals surface area (Å²) in [6.07, 6.45) is 4.68. The molecule has 0 spiro atoms. The van der Waals surface area contributed by atoms with E-state index in [-0.39, 0.29) is 24.4 Å². The van der Waals surface area contributed by atoms with Crippen molar-refractivity contribution >= 4 is 28.3 Å². The molecule has 1 unspecified atom stereocenters. The van der Waals surface area contributed by atoms with Crippen LogP contribution in [0.3, 0.4) is 0 Å². The second kappa shape index (κ2) is 10.9. The molecule has 0 aromatic heterocycles. The SMILES string of the molecule is CC(N)CCNC(=O)CCc1ccc(S(=O)(=O)N2CCCCC2)cc1.Cl. The summed E-state index contributed by atoms with van der Waals surface area (Å²) < 4.78 is 26.7. The summed E-state index contributed by atoms with van der Waals surface area (Å²) >= 11 is 0. The lowest BCUT2D eigenvalue weighted by atomic mass is 10.1. The fraction of sp³-hybridized carbons (Fsp3) is 0.611. The Labute approximate surface area is 163 Å². The molecule has 1 atom stereocenters. The number of rotatable bonds is 8. The molecule has 0 radical (unpaired) electrons. The number of carbonyl (C=O) groups is 1. The van der Waals surface area contributed by atoms with Gasteiger partial charge in [0.2, 0.25) is 15.9 Å². The van der Waals surface area contributed by atoms with Crippen molar-refractivity contribution in [2.75, 3.05) is 19.6 Å². The molecule has 6 nitrogen and oxygen atoms in total. The molecule has 3 N–H and O–H groups in total. The highest BCUT2D eigenvalue weighted by molar-refractivity contribution is 7.89. The molecule has 1 aliphatic heterocycles. The van der Waals surface area contributed by atoms with Crippen LogP contribution in [0, 0.1) is 0 Å². The van der Waals surface area contributed by atoms with Crippen molar-refractivity contribution in [2.45, 2.75) is 56.4 Å². The number of hydrogen-bond acceptors (Lipinski definition) is 4. The second-order valence-corrected chi connectivity index (χ2v) is 8.66. The van der Waals surface area contributed by atoms with Gasteiger partial charge in [-0.3, -0.25) is 4.79 Å². The number of piperidine rings is 1. The van der Waals surface area contributed by atoms with E-state index in [0.29, 0.717) is 37.4 Å². The molecule has 8 heteroatoms. The number of nitrogens with zero attached hydrogens (tertiary/aromatic N) is 1. The molecular weight excluding hydrogens is 374 g/mol. The predicted octanol–water partition coefficient (Wildman–Crippen LogP) is 2.07. The minimum atomic E-state index is -3.39. The molecule has 0 aliphatic carbocycles. The molecule has 26 heavy (non-hydrogen) atoms. The summed E-state index contributed by atoms with van der Waals surface area (Å²) in [7, 11) is -3.39. The summed E-state index contributed by atoms with van der Waals surface area (Å²) in [4.78, 5) is 12.1. The molecule has 1 aromatic rings. The molecule has 1 fully saturated rings. The van der Waals surface area contributed by atoms with E-state index in [1.165, 1.54) is 0 Å². The average molecular weight is 404 g/mol. The van der Waals surface area contributed by atoms with Gasteiger partial charge in [0.05, 0.1) is 4.90 Å². The third kappa shape index (κ3) is 6.87. The van der Waals surface area contributed by atoms with Gasteiger partial charge < -0.3 is 11.1 Å². The van der Waals surface area contributed by atoms with Crippen molar-refractivity contribution in [2.24, 2.45) is 5.73 Å². The van der Waals surface area contributed by atoms with Gasteiger partial charge in [-0.2, -0.15) is 4.31 Å². The third-order valence-corrected chi connectivity index (χ3v) is 6.35. The van der Waals surface area contributed by atoms with E-state index in [2.05, 4.69) is 5.32 Å². The van der Waals surface area contributed by atoms with E-state index in [4.69, 9.17) is 5.73 Å². The van der Waals surface area contributed by atoms with E-state index in [1.54, 1.807) is 28.6 Å². The lowest BCUT2D eigenvalue weighted by Gasteiger charge is -2.25. The van der Waals surface area contributed by atoms with Gasteiger partial charge in [-0.25, -0.2) is 8.42 Å². The predicted molar refractivity (Wildman–Crippen MR) is 106 cm³/mol. The highest BCUT2D eigenvalue weighted by Gasteiger charge is 2.25. The van der Waals surface area contributed by atoms with Gasteiger partial charge in [0, 0.05) is 32.1 Å². The normalized spacial score (nSPS) is 16.5. The molecule has 0 saturated carbocycles. The van der Waals surface area contributed by atoms with Crippen molar-refractivity contribution in [1.29, 1.82) is 0 Å². The number of halogens is 1. The van der Waals surface area contributed by atoms with Crippen LogP contribution < -0.4 is 11.1 Å². The fourth-order valence-corrected chi connectivity index (χ4v) is 4.39. The van der Waals surface area contributed by atoms with Crippen molar-refractivity contribution in [1.82, 2.24) is 9.62 Å². The van der Waals surface area contributed by atoms with Crippen LogP contribution in [0.25, 0.3) is 0 Å². The molecule has 1 heterocycles. The minimum absolute atomic E-state index is 0. The quantitative estimate of drug-likeness (QED) is 0.694. The number of carbonyl (C=O) groups excluding carboxylic acids is 1. The van der Waals surface area contributed by atoms with E-state index >= 15 is 0 Å². The topological polar surface area (TPSA) is 92.5 Å². The number of nitrogens with one attached hydrogen (secondary N) is 1. The van der Waals surface area contributed by atoms with Gasteiger partial charge in [0.1, 0.15) is 0 Å². The molecule has 1 amide bonds. The van der Waals surface area contributed by atoms with Gasteiger partial charge in [0.15, 0.2) is 0 Å². The molecule has 1 aromatic carbocycles. The number of amides is 1. The number of nitrogens with two attached hydrogens (primary N) is 1. The summed E-state index contributed by atoms with van der Waals surface area (Å²) in [5.41, 5.74) is 6.60. The maximum Gasteiger partial charge on any atom is 0.243 e. The van der Waals surface area contributed by atoms with Gasteiger partial charge in [0.25, 0.3) is 0 Å². The minimum Gasteiger partial charge on any atom is -0.356 e. The van der Waals surface area contributed by atoms with E-state index in [1.807, 2.05) is 6.92 Å². The van der Waals surface area contributed by atoms with Gasteiger partial charge in [-0.1, -0.05) is 18.6 Å². The van der Waals surface area contributed by atoms with Crippen molar-refractivity contribution in [3.63, 3.8) is 0 Å². The van der Waals surface area contributed by atoms with Crippen LogP contribution in [0.4, 0.5) is 0 Å². The van der Waals surface area contributed by atoms with Crippen LogP contribution in [-0.2, 0) is 21.2 Å². The number of hydrogen-bond donors (Lipinski definition) is 2. The smallest absolute Gasteiger partial charge is 0.243 e. The highest BCUT2D eigenvalue weighted by Crippen LogP contribution is 2.21.